The van der Waals surface area contributed by atoms with E-state index in [0.717, 1.165) is 17.5 Å². The summed E-state index contributed by atoms with van der Waals surface area (Å²) in [6, 6.07) is 14.1. The number of halogens is 1. The molecule has 0 aliphatic heterocycles. The van der Waals surface area contributed by atoms with Crippen LogP contribution in [0.2, 0.25) is 0 Å². The van der Waals surface area contributed by atoms with E-state index in [-0.39, 0.29) is 5.82 Å². The first-order chi connectivity index (χ1) is 9.60. The lowest BCUT2D eigenvalue weighted by Gasteiger charge is -2.10. The summed E-state index contributed by atoms with van der Waals surface area (Å²) in [5.74, 6) is -0.141. The van der Waals surface area contributed by atoms with E-state index in [1.54, 1.807) is 6.07 Å². The van der Waals surface area contributed by atoms with Crippen molar-refractivity contribution < 1.29 is 4.39 Å². The van der Waals surface area contributed by atoms with Gasteiger partial charge in [-0.1, -0.05) is 57.2 Å². The molecule has 0 saturated carbocycles. The minimum Gasteiger partial charge on any atom is -0.310 e. The normalized spacial score (nSPS) is 11.1. The second-order valence-corrected chi connectivity index (χ2v) is 5.40. The van der Waals surface area contributed by atoms with Gasteiger partial charge >= 0.3 is 0 Å². The van der Waals surface area contributed by atoms with Crippen molar-refractivity contribution in [1.82, 2.24) is 5.32 Å². The van der Waals surface area contributed by atoms with Gasteiger partial charge in [-0.25, -0.2) is 4.39 Å². The van der Waals surface area contributed by atoms with Crippen LogP contribution in [0.1, 0.15) is 31.9 Å². The van der Waals surface area contributed by atoms with Crippen LogP contribution in [0.25, 0.3) is 11.1 Å². The highest BCUT2D eigenvalue weighted by Crippen LogP contribution is 2.23. The smallest absolute Gasteiger partial charge is 0.128 e. The third kappa shape index (κ3) is 3.67. The maximum absolute atomic E-state index is 14.1. The number of aryl methyl sites for hydroxylation is 1. The quantitative estimate of drug-likeness (QED) is 0.841. The Morgan fingerprint density at radius 2 is 1.80 bits per heavy atom. The Balaban J connectivity index is 2.23. The van der Waals surface area contributed by atoms with Crippen molar-refractivity contribution in [2.45, 2.75) is 39.8 Å². The molecule has 20 heavy (non-hydrogen) atoms. The molecule has 0 saturated heterocycles. The van der Waals surface area contributed by atoms with Gasteiger partial charge in [0.1, 0.15) is 5.82 Å². The summed E-state index contributed by atoms with van der Waals surface area (Å²) in [4.78, 5) is 0. The van der Waals surface area contributed by atoms with Crippen LogP contribution in [0.15, 0.2) is 42.5 Å². The fourth-order valence-electron chi connectivity index (χ4n) is 2.16. The largest absolute Gasteiger partial charge is 0.310 e. The molecular weight excluding hydrogens is 249 g/mol. The minimum absolute atomic E-state index is 0.141. The van der Waals surface area contributed by atoms with Crippen molar-refractivity contribution in [3.8, 4) is 11.1 Å². The highest BCUT2D eigenvalue weighted by atomic mass is 19.1. The predicted octanol–water partition coefficient (Wildman–Crippen LogP) is 4.55. The highest BCUT2D eigenvalue weighted by molar-refractivity contribution is 5.64. The second-order valence-electron chi connectivity index (χ2n) is 5.40. The summed E-state index contributed by atoms with van der Waals surface area (Å²) in [6.07, 6.45) is 0.993. The molecule has 1 nitrogen and oxygen atoms in total. The molecule has 106 valence electrons. The fourth-order valence-corrected chi connectivity index (χ4v) is 2.16. The zero-order chi connectivity index (χ0) is 14.5. The average Bonchev–Trinajstić information content (AvgIpc) is 2.46. The van der Waals surface area contributed by atoms with Gasteiger partial charge in [0.15, 0.2) is 0 Å². The molecule has 0 fully saturated rings. The van der Waals surface area contributed by atoms with E-state index in [9.17, 15) is 4.39 Å². The minimum atomic E-state index is -0.141. The number of benzene rings is 2. The van der Waals surface area contributed by atoms with Crippen molar-refractivity contribution in [3.63, 3.8) is 0 Å². The maximum atomic E-state index is 14.1. The summed E-state index contributed by atoms with van der Waals surface area (Å²) < 4.78 is 14.1. The second kappa shape index (κ2) is 6.67. The van der Waals surface area contributed by atoms with Gasteiger partial charge in [0.25, 0.3) is 0 Å². The number of nitrogens with one attached hydrogen (secondary N) is 1. The fraction of sp³-hybridized carbons (Fsp3) is 0.333. The van der Waals surface area contributed by atoms with E-state index in [1.807, 2.05) is 24.3 Å². The molecule has 0 bridgehead atoms. The van der Waals surface area contributed by atoms with Gasteiger partial charge in [0, 0.05) is 18.2 Å². The standard InChI is InChI=1S/C18H22FN/c1-4-14-6-5-7-15(10-14)16-8-9-17(18(19)11-16)12-20-13(2)3/h5-11,13,20H,4,12H2,1-3H3. The Kier molecular flexibility index (Phi) is 4.91. The van der Waals surface area contributed by atoms with Gasteiger partial charge in [0.2, 0.25) is 0 Å². The van der Waals surface area contributed by atoms with Crippen molar-refractivity contribution in [1.29, 1.82) is 0 Å². The van der Waals surface area contributed by atoms with Crippen LogP contribution in [0, 0.1) is 5.82 Å². The summed E-state index contributed by atoms with van der Waals surface area (Å²) >= 11 is 0. The zero-order valence-corrected chi connectivity index (χ0v) is 12.4. The lowest BCUT2D eigenvalue weighted by atomic mass is 10.0. The summed E-state index contributed by atoms with van der Waals surface area (Å²) in [6.45, 7) is 6.81. The third-order valence-electron chi connectivity index (χ3n) is 3.42. The Bertz CT molecular complexity index is 575. The summed E-state index contributed by atoms with van der Waals surface area (Å²) in [7, 11) is 0. The molecule has 0 aliphatic carbocycles. The van der Waals surface area contributed by atoms with Crippen molar-refractivity contribution in [2.24, 2.45) is 0 Å². The Hall–Kier alpha value is -1.67. The summed E-state index contributed by atoms with van der Waals surface area (Å²) in [5, 5.41) is 3.24. The highest BCUT2D eigenvalue weighted by Gasteiger charge is 2.06. The van der Waals surface area contributed by atoms with E-state index >= 15 is 0 Å². The molecule has 0 atom stereocenters. The maximum Gasteiger partial charge on any atom is 0.128 e. The number of rotatable bonds is 5. The Morgan fingerprint density at radius 3 is 2.45 bits per heavy atom. The summed E-state index contributed by atoms with van der Waals surface area (Å²) in [5.41, 5.74) is 4.00. The van der Waals surface area contributed by atoms with Crippen LogP contribution in [-0.2, 0) is 13.0 Å². The zero-order valence-electron chi connectivity index (χ0n) is 12.4. The third-order valence-corrected chi connectivity index (χ3v) is 3.42. The molecule has 2 aromatic carbocycles. The van der Waals surface area contributed by atoms with E-state index in [4.69, 9.17) is 0 Å². The Morgan fingerprint density at radius 1 is 1.05 bits per heavy atom. The van der Waals surface area contributed by atoms with Gasteiger partial charge in [-0.15, -0.1) is 0 Å². The first-order valence-corrected chi connectivity index (χ1v) is 7.21. The monoisotopic (exact) mass is 271 g/mol. The van der Waals surface area contributed by atoms with Crippen molar-refractivity contribution in [2.75, 3.05) is 0 Å². The number of hydrogen-bond donors (Lipinski definition) is 1. The molecular formula is C18H22FN. The van der Waals surface area contributed by atoms with Gasteiger partial charge in [0.05, 0.1) is 0 Å². The lowest BCUT2D eigenvalue weighted by molar-refractivity contribution is 0.553. The van der Waals surface area contributed by atoms with Crippen LogP contribution in [0.4, 0.5) is 4.39 Å². The van der Waals surface area contributed by atoms with E-state index in [2.05, 4.69) is 38.2 Å². The molecule has 2 rings (SSSR count). The van der Waals surface area contributed by atoms with Gasteiger partial charge in [-0.3, -0.25) is 0 Å². The first-order valence-electron chi connectivity index (χ1n) is 7.21. The van der Waals surface area contributed by atoms with Gasteiger partial charge < -0.3 is 5.32 Å². The van der Waals surface area contributed by atoms with E-state index in [0.29, 0.717) is 18.2 Å². The predicted molar refractivity (Wildman–Crippen MR) is 83.2 cm³/mol. The SMILES string of the molecule is CCc1cccc(-c2ccc(CNC(C)C)c(F)c2)c1. The molecule has 0 aliphatic rings. The van der Waals surface area contributed by atoms with Crippen molar-refractivity contribution in [3.05, 3.63) is 59.4 Å². The first kappa shape index (κ1) is 14.7. The molecule has 0 spiro atoms. The van der Waals surface area contributed by atoms with Crippen LogP contribution >= 0.6 is 0 Å². The average molecular weight is 271 g/mol. The molecule has 2 aromatic rings. The van der Waals surface area contributed by atoms with Crippen molar-refractivity contribution >= 4 is 0 Å². The number of hydrogen-bond acceptors (Lipinski definition) is 1. The molecule has 0 radical (unpaired) electrons. The molecule has 0 amide bonds. The molecule has 2 heteroatoms. The Labute approximate surface area is 120 Å². The topological polar surface area (TPSA) is 12.0 Å². The molecule has 1 N–H and O–H groups in total. The molecule has 0 unspecified atom stereocenters. The van der Waals surface area contributed by atoms with E-state index < -0.39 is 0 Å². The molecule has 0 heterocycles. The lowest BCUT2D eigenvalue weighted by Crippen LogP contribution is -2.22. The van der Waals surface area contributed by atoms with Crippen LogP contribution in [0.5, 0.6) is 0 Å². The molecule has 0 aromatic heterocycles. The van der Waals surface area contributed by atoms with Crippen LogP contribution in [-0.4, -0.2) is 6.04 Å². The van der Waals surface area contributed by atoms with Gasteiger partial charge in [-0.2, -0.15) is 0 Å². The van der Waals surface area contributed by atoms with Gasteiger partial charge in [-0.05, 0) is 29.2 Å². The van der Waals surface area contributed by atoms with Crippen LogP contribution < -0.4 is 5.32 Å². The van der Waals surface area contributed by atoms with Crippen LogP contribution in [0.3, 0.4) is 0 Å². The van der Waals surface area contributed by atoms with E-state index in [1.165, 1.54) is 5.56 Å².